The predicted octanol–water partition coefficient (Wildman–Crippen LogP) is 5.42. The topological polar surface area (TPSA) is 76.9 Å². The summed E-state index contributed by atoms with van der Waals surface area (Å²) in [7, 11) is 0. The molecule has 0 unspecified atom stereocenters. The molecule has 2 aromatic carbocycles. The predicted molar refractivity (Wildman–Crippen MR) is 99.0 cm³/mol. The van der Waals surface area contributed by atoms with Gasteiger partial charge < -0.3 is 10.1 Å². The standard InChI is InChI=1S/C19H14Cl2N2O2/c20-15-6-5-12(9-16(15)21)19-13(2-1-3-18(24)25)14-8-11(10-22)4-7-17(14)23-19/h4-9,23H,1-3H2,(H,24,25). The van der Waals surface area contributed by atoms with Crippen molar-refractivity contribution in [1.29, 1.82) is 5.26 Å². The maximum Gasteiger partial charge on any atom is 0.303 e. The molecule has 0 fully saturated rings. The van der Waals surface area contributed by atoms with Crippen molar-refractivity contribution in [2.45, 2.75) is 19.3 Å². The Balaban J connectivity index is 2.13. The zero-order valence-corrected chi connectivity index (χ0v) is 14.7. The Morgan fingerprint density at radius 2 is 1.96 bits per heavy atom. The molecule has 3 rings (SSSR count). The van der Waals surface area contributed by atoms with Gasteiger partial charge in [0.15, 0.2) is 0 Å². The van der Waals surface area contributed by atoms with Gasteiger partial charge in [0.1, 0.15) is 0 Å². The van der Waals surface area contributed by atoms with E-state index < -0.39 is 5.97 Å². The van der Waals surface area contributed by atoms with E-state index in [4.69, 9.17) is 33.6 Å². The van der Waals surface area contributed by atoms with Gasteiger partial charge in [0.25, 0.3) is 0 Å². The lowest BCUT2D eigenvalue weighted by molar-refractivity contribution is -0.137. The lowest BCUT2D eigenvalue weighted by Crippen LogP contribution is -1.96. The van der Waals surface area contributed by atoms with E-state index in [0.29, 0.717) is 28.5 Å². The first kappa shape index (κ1) is 17.3. The summed E-state index contributed by atoms with van der Waals surface area (Å²) in [4.78, 5) is 14.2. The first-order chi connectivity index (χ1) is 12.0. The summed E-state index contributed by atoms with van der Waals surface area (Å²) in [5.41, 5.74) is 4.17. The Morgan fingerprint density at radius 1 is 1.16 bits per heavy atom. The number of nitrogens with zero attached hydrogens (tertiary/aromatic N) is 1. The van der Waals surface area contributed by atoms with Crippen LogP contribution < -0.4 is 0 Å². The minimum atomic E-state index is -0.825. The van der Waals surface area contributed by atoms with Crippen molar-refractivity contribution in [2.24, 2.45) is 0 Å². The van der Waals surface area contributed by atoms with Gasteiger partial charge in [-0.05, 0) is 54.3 Å². The number of aromatic amines is 1. The van der Waals surface area contributed by atoms with Gasteiger partial charge in [-0.15, -0.1) is 0 Å². The lowest BCUT2D eigenvalue weighted by atomic mass is 9.99. The Bertz CT molecular complexity index is 1000. The van der Waals surface area contributed by atoms with E-state index >= 15 is 0 Å². The highest BCUT2D eigenvalue weighted by Gasteiger charge is 2.15. The van der Waals surface area contributed by atoms with Gasteiger partial charge >= 0.3 is 5.97 Å². The third kappa shape index (κ3) is 3.63. The third-order valence-electron chi connectivity index (χ3n) is 4.06. The van der Waals surface area contributed by atoms with E-state index in [1.807, 2.05) is 18.2 Å². The fraction of sp³-hybridized carbons (Fsp3) is 0.158. The zero-order chi connectivity index (χ0) is 18.0. The second-order valence-electron chi connectivity index (χ2n) is 5.73. The van der Waals surface area contributed by atoms with Gasteiger partial charge in [0.2, 0.25) is 0 Å². The SMILES string of the molecule is N#Cc1ccc2[nH]c(-c3ccc(Cl)c(Cl)c3)c(CCCC(=O)O)c2c1. The fourth-order valence-corrected chi connectivity index (χ4v) is 3.19. The summed E-state index contributed by atoms with van der Waals surface area (Å²) in [5.74, 6) is -0.825. The summed E-state index contributed by atoms with van der Waals surface area (Å²) in [6, 6.07) is 12.9. The number of carboxylic acids is 1. The van der Waals surface area contributed by atoms with Gasteiger partial charge in [0, 0.05) is 23.0 Å². The van der Waals surface area contributed by atoms with Crippen molar-refractivity contribution in [3.05, 3.63) is 57.6 Å². The average molecular weight is 373 g/mol. The van der Waals surface area contributed by atoms with Crippen LogP contribution in [0.15, 0.2) is 36.4 Å². The molecule has 0 aliphatic heterocycles. The highest BCUT2D eigenvalue weighted by molar-refractivity contribution is 6.42. The molecule has 6 heteroatoms. The normalized spacial score (nSPS) is 10.8. The second kappa shape index (κ2) is 7.18. The number of carboxylic acid groups (broad SMARTS) is 1. The number of rotatable bonds is 5. The number of nitrogens with one attached hydrogen (secondary N) is 1. The molecular weight excluding hydrogens is 359 g/mol. The minimum absolute atomic E-state index is 0.0887. The molecule has 2 N–H and O–H groups in total. The van der Waals surface area contributed by atoms with Crippen molar-refractivity contribution in [3.8, 4) is 17.3 Å². The van der Waals surface area contributed by atoms with Gasteiger partial charge in [-0.3, -0.25) is 4.79 Å². The molecule has 4 nitrogen and oxygen atoms in total. The molecule has 0 aliphatic carbocycles. The smallest absolute Gasteiger partial charge is 0.303 e. The van der Waals surface area contributed by atoms with E-state index in [2.05, 4.69) is 11.1 Å². The lowest BCUT2D eigenvalue weighted by Gasteiger charge is -2.06. The Morgan fingerprint density at radius 3 is 2.64 bits per heavy atom. The maximum absolute atomic E-state index is 10.8. The molecule has 25 heavy (non-hydrogen) atoms. The largest absolute Gasteiger partial charge is 0.481 e. The number of fused-ring (bicyclic) bond motifs is 1. The molecule has 0 amide bonds. The first-order valence-electron chi connectivity index (χ1n) is 7.71. The van der Waals surface area contributed by atoms with Crippen LogP contribution >= 0.6 is 23.2 Å². The molecule has 0 atom stereocenters. The number of benzene rings is 2. The fourth-order valence-electron chi connectivity index (χ4n) is 2.89. The summed E-state index contributed by atoms with van der Waals surface area (Å²) in [6.07, 6.45) is 1.18. The van der Waals surface area contributed by atoms with Crippen molar-refractivity contribution in [1.82, 2.24) is 4.98 Å². The monoisotopic (exact) mass is 372 g/mol. The van der Waals surface area contributed by atoms with E-state index in [1.54, 1.807) is 18.2 Å². The summed E-state index contributed by atoms with van der Waals surface area (Å²) in [6.45, 7) is 0. The number of nitriles is 1. The van der Waals surface area contributed by atoms with E-state index in [-0.39, 0.29) is 6.42 Å². The van der Waals surface area contributed by atoms with Gasteiger partial charge in [-0.25, -0.2) is 0 Å². The van der Waals surface area contributed by atoms with Gasteiger partial charge in [-0.1, -0.05) is 29.3 Å². The molecule has 0 spiro atoms. The molecule has 0 aliphatic rings. The van der Waals surface area contributed by atoms with Crippen LogP contribution in [0.1, 0.15) is 24.0 Å². The van der Waals surface area contributed by atoms with Gasteiger partial charge in [-0.2, -0.15) is 5.26 Å². The van der Waals surface area contributed by atoms with Crippen molar-refractivity contribution >= 4 is 40.1 Å². The number of hydrogen-bond acceptors (Lipinski definition) is 2. The van der Waals surface area contributed by atoms with Crippen LogP contribution in [0.25, 0.3) is 22.2 Å². The van der Waals surface area contributed by atoms with Crippen LogP contribution in [0, 0.1) is 11.3 Å². The molecule has 0 radical (unpaired) electrons. The summed E-state index contributed by atoms with van der Waals surface area (Å²) in [5, 5.41) is 19.9. The third-order valence-corrected chi connectivity index (χ3v) is 4.80. The van der Waals surface area contributed by atoms with Gasteiger partial charge in [0.05, 0.1) is 21.7 Å². The number of H-pyrrole nitrogens is 1. The molecule has 3 aromatic rings. The van der Waals surface area contributed by atoms with Crippen molar-refractivity contribution < 1.29 is 9.90 Å². The number of hydrogen-bond donors (Lipinski definition) is 2. The molecule has 0 saturated carbocycles. The minimum Gasteiger partial charge on any atom is -0.481 e. The average Bonchev–Trinajstić information content (AvgIpc) is 2.95. The van der Waals surface area contributed by atoms with Crippen LogP contribution in [0.5, 0.6) is 0 Å². The van der Waals surface area contributed by atoms with Crippen LogP contribution in [0.3, 0.4) is 0 Å². The first-order valence-corrected chi connectivity index (χ1v) is 8.47. The van der Waals surface area contributed by atoms with Crippen LogP contribution in [-0.2, 0) is 11.2 Å². The van der Waals surface area contributed by atoms with E-state index in [9.17, 15) is 4.79 Å². The number of aryl methyl sites for hydroxylation is 1. The summed E-state index contributed by atoms with van der Waals surface area (Å²) < 4.78 is 0. The quantitative estimate of drug-likeness (QED) is 0.627. The number of aliphatic carboxylic acids is 1. The van der Waals surface area contributed by atoms with E-state index in [0.717, 1.165) is 27.7 Å². The Hall–Kier alpha value is -2.48. The molecule has 1 aromatic heterocycles. The number of carbonyl (C=O) groups is 1. The zero-order valence-electron chi connectivity index (χ0n) is 13.1. The highest BCUT2D eigenvalue weighted by atomic mass is 35.5. The molecule has 126 valence electrons. The number of aromatic nitrogens is 1. The number of halogens is 2. The maximum atomic E-state index is 10.8. The van der Waals surface area contributed by atoms with Crippen molar-refractivity contribution in [2.75, 3.05) is 0 Å². The summed E-state index contributed by atoms with van der Waals surface area (Å²) >= 11 is 12.1. The van der Waals surface area contributed by atoms with E-state index in [1.165, 1.54) is 0 Å². The second-order valence-corrected chi connectivity index (χ2v) is 6.54. The highest BCUT2D eigenvalue weighted by Crippen LogP contribution is 2.35. The molecule has 0 bridgehead atoms. The Kier molecular flexibility index (Phi) is 4.98. The molecular formula is C19H14Cl2N2O2. The van der Waals surface area contributed by atoms with Crippen molar-refractivity contribution in [3.63, 3.8) is 0 Å². The Labute approximate surface area is 154 Å². The molecule has 0 saturated heterocycles. The van der Waals surface area contributed by atoms with Crippen LogP contribution in [0.2, 0.25) is 10.0 Å². The van der Waals surface area contributed by atoms with Crippen LogP contribution in [-0.4, -0.2) is 16.1 Å². The molecule has 1 heterocycles. The van der Waals surface area contributed by atoms with Crippen LogP contribution in [0.4, 0.5) is 0 Å².